The maximum absolute atomic E-state index is 11.8. The molecule has 0 fully saturated rings. The van der Waals surface area contributed by atoms with Crippen molar-refractivity contribution in [3.05, 3.63) is 46.9 Å². The number of esters is 1. The number of carbonyl (C=O) groups is 1. The number of methoxy groups -OCH3 is 1. The molecule has 1 heterocycles. The third-order valence-electron chi connectivity index (χ3n) is 4.53. The van der Waals surface area contributed by atoms with E-state index in [1.54, 1.807) is 13.0 Å². The van der Waals surface area contributed by atoms with Gasteiger partial charge in [0, 0.05) is 6.54 Å². The predicted octanol–water partition coefficient (Wildman–Crippen LogP) is 3.99. The Bertz CT molecular complexity index is 891. The Labute approximate surface area is 184 Å². The average Bonchev–Trinajstić information content (AvgIpc) is 3.13. The maximum atomic E-state index is 11.8. The minimum atomic E-state index is -0.421. The van der Waals surface area contributed by atoms with Crippen LogP contribution in [-0.2, 0) is 11.3 Å². The second kappa shape index (κ2) is 11.9. The lowest BCUT2D eigenvalue weighted by Gasteiger charge is -2.20. The number of benzene rings is 1. The molecule has 0 bridgehead atoms. The van der Waals surface area contributed by atoms with Crippen LogP contribution in [0.3, 0.4) is 0 Å². The number of hydrogen-bond donors (Lipinski definition) is 2. The lowest BCUT2D eigenvalue weighted by Crippen LogP contribution is -2.38. The molecule has 170 valence electrons. The van der Waals surface area contributed by atoms with Gasteiger partial charge < -0.3 is 29.3 Å². The molecule has 8 heteroatoms. The normalized spacial score (nSPS) is 12.3. The molecular formula is C23H33N3O5. The zero-order valence-corrected chi connectivity index (χ0v) is 19.2. The number of nitrogens with one attached hydrogen (secondary N) is 2. The van der Waals surface area contributed by atoms with Crippen molar-refractivity contribution >= 4 is 11.9 Å². The Balaban J connectivity index is 2.15. The molecule has 0 aliphatic carbocycles. The molecule has 2 aromatic rings. The number of furan rings is 1. The van der Waals surface area contributed by atoms with Crippen LogP contribution >= 0.6 is 0 Å². The van der Waals surface area contributed by atoms with E-state index >= 15 is 0 Å². The van der Waals surface area contributed by atoms with Gasteiger partial charge in [-0.3, -0.25) is 0 Å². The summed E-state index contributed by atoms with van der Waals surface area (Å²) in [5.41, 5.74) is 1.45. The second-order valence-electron chi connectivity index (χ2n) is 6.81. The summed E-state index contributed by atoms with van der Waals surface area (Å²) in [6, 6.07) is 7.54. The molecule has 0 aliphatic rings. The van der Waals surface area contributed by atoms with Gasteiger partial charge in [0.05, 0.1) is 26.4 Å². The smallest absolute Gasteiger partial charge is 0.341 e. The van der Waals surface area contributed by atoms with E-state index in [4.69, 9.17) is 18.6 Å². The van der Waals surface area contributed by atoms with E-state index in [0.29, 0.717) is 42.8 Å². The van der Waals surface area contributed by atoms with Gasteiger partial charge in [0.15, 0.2) is 17.5 Å². The fourth-order valence-electron chi connectivity index (χ4n) is 3.04. The third-order valence-corrected chi connectivity index (χ3v) is 4.53. The Morgan fingerprint density at radius 2 is 1.84 bits per heavy atom. The Morgan fingerprint density at radius 3 is 2.48 bits per heavy atom. The minimum Gasteiger partial charge on any atom is -0.490 e. The summed E-state index contributed by atoms with van der Waals surface area (Å²) < 4.78 is 21.8. The van der Waals surface area contributed by atoms with Crippen molar-refractivity contribution in [3.8, 4) is 11.5 Å². The SMILES string of the molecule is CCNC(=NCc1cc(C(=O)OC)c(C)o1)NC(C)c1ccc(OCC)c(OCC)c1. The number of rotatable bonds is 10. The van der Waals surface area contributed by atoms with Crippen molar-refractivity contribution in [2.75, 3.05) is 26.9 Å². The van der Waals surface area contributed by atoms with Crippen LogP contribution in [0, 0.1) is 6.92 Å². The lowest BCUT2D eigenvalue weighted by atomic mass is 10.1. The van der Waals surface area contributed by atoms with Crippen LogP contribution in [0.1, 0.15) is 61.2 Å². The molecule has 1 aromatic carbocycles. The van der Waals surface area contributed by atoms with Crippen LogP contribution in [0.5, 0.6) is 11.5 Å². The van der Waals surface area contributed by atoms with Crippen LogP contribution in [0.2, 0.25) is 0 Å². The van der Waals surface area contributed by atoms with E-state index in [-0.39, 0.29) is 12.6 Å². The minimum absolute atomic E-state index is 0.0309. The van der Waals surface area contributed by atoms with Crippen LogP contribution in [0.4, 0.5) is 0 Å². The average molecular weight is 432 g/mol. The van der Waals surface area contributed by atoms with Gasteiger partial charge in [-0.05, 0) is 58.4 Å². The molecule has 31 heavy (non-hydrogen) atoms. The highest BCUT2D eigenvalue weighted by atomic mass is 16.5. The van der Waals surface area contributed by atoms with E-state index in [0.717, 1.165) is 17.1 Å². The molecule has 2 N–H and O–H groups in total. The summed E-state index contributed by atoms with van der Waals surface area (Å²) in [4.78, 5) is 16.4. The molecule has 0 amide bonds. The van der Waals surface area contributed by atoms with Gasteiger partial charge in [0.25, 0.3) is 0 Å². The van der Waals surface area contributed by atoms with E-state index in [2.05, 4.69) is 15.6 Å². The Morgan fingerprint density at radius 1 is 1.13 bits per heavy atom. The molecule has 0 saturated carbocycles. The van der Waals surface area contributed by atoms with Crippen molar-refractivity contribution in [1.29, 1.82) is 0 Å². The summed E-state index contributed by atoms with van der Waals surface area (Å²) in [6.45, 7) is 11.8. The largest absolute Gasteiger partial charge is 0.490 e. The summed E-state index contributed by atoms with van der Waals surface area (Å²) in [5, 5.41) is 6.62. The number of aryl methyl sites for hydroxylation is 1. The van der Waals surface area contributed by atoms with E-state index in [1.165, 1.54) is 7.11 Å². The van der Waals surface area contributed by atoms with Crippen LogP contribution in [0.15, 0.2) is 33.7 Å². The lowest BCUT2D eigenvalue weighted by molar-refractivity contribution is 0.0599. The quantitative estimate of drug-likeness (QED) is 0.334. The zero-order chi connectivity index (χ0) is 22.8. The highest BCUT2D eigenvalue weighted by molar-refractivity contribution is 5.90. The van der Waals surface area contributed by atoms with Crippen LogP contribution in [0.25, 0.3) is 0 Å². The summed E-state index contributed by atoms with van der Waals surface area (Å²) >= 11 is 0. The molecule has 0 radical (unpaired) electrons. The van der Waals surface area contributed by atoms with E-state index in [9.17, 15) is 4.79 Å². The molecule has 0 spiro atoms. The summed E-state index contributed by atoms with van der Waals surface area (Å²) in [5.74, 6) is 2.77. The molecule has 1 atom stereocenters. The first kappa shape index (κ1) is 24.1. The topological polar surface area (TPSA) is 94.3 Å². The van der Waals surface area contributed by atoms with Crippen LogP contribution in [-0.4, -0.2) is 38.8 Å². The molecular weight excluding hydrogens is 398 g/mol. The van der Waals surface area contributed by atoms with Crippen LogP contribution < -0.4 is 20.1 Å². The summed E-state index contributed by atoms with van der Waals surface area (Å²) in [6.07, 6.45) is 0. The van der Waals surface area contributed by atoms with Crippen molar-refractivity contribution in [3.63, 3.8) is 0 Å². The molecule has 0 saturated heterocycles. The van der Waals surface area contributed by atoms with E-state index < -0.39 is 5.97 Å². The van der Waals surface area contributed by atoms with Gasteiger partial charge >= 0.3 is 5.97 Å². The first-order valence-electron chi connectivity index (χ1n) is 10.5. The van der Waals surface area contributed by atoms with Gasteiger partial charge in [0.1, 0.15) is 23.6 Å². The molecule has 1 unspecified atom stereocenters. The highest BCUT2D eigenvalue weighted by Crippen LogP contribution is 2.30. The number of hydrogen-bond acceptors (Lipinski definition) is 6. The fraction of sp³-hybridized carbons (Fsp3) is 0.478. The van der Waals surface area contributed by atoms with Gasteiger partial charge in [-0.1, -0.05) is 6.07 Å². The van der Waals surface area contributed by atoms with Crippen molar-refractivity contribution < 1.29 is 23.4 Å². The number of nitrogens with zero attached hydrogens (tertiary/aromatic N) is 1. The number of ether oxygens (including phenoxy) is 3. The Hall–Kier alpha value is -3.16. The predicted molar refractivity (Wildman–Crippen MR) is 120 cm³/mol. The van der Waals surface area contributed by atoms with Gasteiger partial charge in [-0.25, -0.2) is 9.79 Å². The van der Waals surface area contributed by atoms with E-state index in [1.807, 2.05) is 45.9 Å². The monoisotopic (exact) mass is 431 g/mol. The fourth-order valence-corrected chi connectivity index (χ4v) is 3.04. The number of aliphatic imine (C=N–C) groups is 1. The first-order chi connectivity index (χ1) is 14.9. The molecule has 8 nitrogen and oxygen atoms in total. The van der Waals surface area contributed by atoms with Crippen molar-refractivity contribution in [2.24, 2.45) is 4.99 Å². The standard InChI is InChI=1S/C23H33N3O5/c1-7-24-23(25-14-18-13-19(16(5)31-18)22(27)28-6)26-15(4)17-10-11-20(29-8-2)21(12-17)30-9-3/h10-13,15H,7-9,14H2,1-6H3,(H2,24,25,26). The number of guanidine groups is 1. The van der Waals surface area contributed by atoms with Crippen molar-refractivity contribution in [2.45, 2.75) is 47.2 Å². The van der Waals surface area contributed by atoms with Gasteiger partial charge in [-0.15, -0.1) is 0 Å². The maximum Gasteiger partial charge on any atom is 0.341 e. The zero-order valence-electron chi connectivity index (χ0n) is 19.2. The van der Waals surface area contributed by atoms with Gasteiger partial charge in [0.2, 0.25) is 0 Å². The summed E-state index contributed by atoms with van der Waals surface area (Å²) in [7, 11) is 1.35. The molecule has 2 rings (SSSR count). The van der Waals surface area contributed by atoms with Crippen molar-refractivity contribution in [1.82, 2.24) is 10.6 Å². The number of carbonyl (C=O) groups excluding carboxylic acids is 1. The molecule has 0 aliphatic heterocycles. The molecule has 1 aromatic heterocycles. The Kier molecular flexibility index (Phi) is 9.24. The van der Waals surface area contributed by atoms with Gasteiger partial charge in [-0.2, -0.15) is 0 Å². The highest BCUT2D eigenvalue weighted by Gasteiger charge is 2.16. The third kappa shape index (κ3) is 6.67. The first-order valence-corrected chi connectivity index (χ1v) is 10.5. The second-order valence-corrected chi connectivity index (χ2v) is 6.81.